The molecule has 2 fully saturated rings. The lowest BCUT2D eigenvalue weighted by molar-refractivity contribution is -0.140. The molecule has 0 radical (unpaired) electrons. The Morgan fingerprint density at radius 2 is 2.07 bits per heavy atom. The number of thiazole rings is 1. The first-order chi connectivity index (χ1) is 13.2. The molecule has 2 saturated heterocycles. The highest BCUT2D eigenvalue weighted by atomic mass is 35.5. The monoisotopic (exact) mass is 457 g/mol. The highest BCUT2D eigenvalue weighted by molar-refractivity contribution is 7.09. The summed E-state index contributed by atoms with van der Waals surface area (Å²) in [5.41, 5.74) is 2.27. The number of halogens is 2. The zero-order valence-electron chi connectivity index (χ0n) is 16.6. The zero-order valence-corrected chi connectivity index (χ0v) is 19.1. The molecule has 2 aliphatic rings. The molecule has 0 aliphatic carbocycles. The summed E-state index contributed by atoms with van der Waals surface area (Å²) in [6, 6.07) is 4.12. The number of carbonyl (C=O) groups is 1. The van der Waals surface area contributed by atoms with Gasteiger partial charge in [-0.15, -0.1) is 36.2 Å². The number of hydrogen-bond acceptors (Lipinski definition) is 6. The van der Waals surface area contributed by atoms with Crippen molar-refractivity contribution >= 4 is 42.1 Å². The van der Waals surface area contributed by atoms with Crippen molar-refractivity contribution in [2.45, 2.75) is 32.4 Å². The van der Waals surface area contributed by atoms with Gasteiger partial charge in [0.15, 0.2) is 0 Å². The first-order valence-electron chi connectivity index (χ1n) is 9.75. The quantitative estimate of drug-likeness (QED) is 0.763. The average molecular weight is 458 g/mol. The molecule has 0 saturated carbocycles. The zero-order chi connectivity index (χ0) is 18.6. The van der Waals surface area contributed by atoms with Crippen LogP contribution in [0.15, 0.2) is 29.9 Å². The number of rotatable bonds is 4. The van der Waals surface area contributed by atoms with Crippen LogP contribution in [-0.4, -0.2) is 58.4 Å². The normalized spacial score (nSPS) is 20.6. The summed E-state index contributed by atoms with van der Waals surface area (Å²) in [5, 5.41) is 6.69. The van der Waals surface area contributed by atoms with E-state index in [0.29, 0.717) is 5.91 Å². The second-order valence-corrected chi connectivity index (χ2v) is 8.51. The number of amides is 1. The molecule has 0 spiro atoms. The van der Waals surface area contributed by atoms with E-state index >= 15 is 0 Å². The molecule has 1 N–H and O–H groups in total. The van der Waals surface area contributed by atoms with Crippen LogP contribution in [0.4, 0.5) is 0 Å². The molecule has 6 nitrogen and oxygen atoms in total. The summed E-state index contributed by atoms with van der Waals surface area (Å²) in [5.74, 6) is 0.449. The number of likely N-dealkylation sites (tertiary alicyclic amines) is 1. The Hall–Kier alpha value is -1.25. The van der Waals surface area contributed by atoms with E-state index in [2.05, 4.69) is 36.5 Å². The molecule has 29 heavy (non-hydrogen) atoms. The van der Waals surface area contributed by atoms with Gasteiger partial charge >= 0.3 is 0 Å². The summed E-state index contributed by atoms with van der Waals surface area (Å²) in [6.07, 6.45) is 5.54. The van der Waals surface area contributed by atoms with Crippen LogP contribution in [0.1, 0.15) is 35.1 Å². The first-order valence-corrected chi connectivity index (χ1v) is 10.6. The molecule has 9 heteroatoms. The number of carbonyl (C=O) groups excluding carboxylic acids is 1. The fraction of sp³-hybridized carbons (Fsp3) is 0.550. The van der Waals surface area contributed by atoms with E-state index in [1.165, 1.54) is 0 Å². The lowest BCUT2D eigenvalue weighted by Gasteiger charge is -2.40. The smallest absolute Gasteiger partial charge is 0.226 e. The van der Waals surface area contributed by atoms with Gasteiger partial charge in [-0.3, -0.25) is 14.7 Å². The number of hydrogen-bond donors (Lipinski definition) is 1. The Morgan fingerprint density at radius 1 is 1.28 bits per heavy atom. The predicted molar refractivity (Wildman–Crippen MR) is 121 cm³/mol. The third-order valence-corrected chi connectivity index (χ3v) is 6.41. The summed E-state index contributed by atoms with van der Waals surface area (Å²) in [7, 11) is 0. The van der Waals surface area contributed by atoms with Gasteiger partial charge in [-0.1, -0.05) is 6.07 Å². The van der Waals surface area contributed by atoms with E-state index in [4.69, 9.17) is 0 Å². The van der Waals surface area contributed by atoms with E-state index in [1.807, 2.05) is 19.2 Å². The van der Waals surface area contributed by atoms with E-state index < -0.39 is 0 Å². The molecule has 1 unspecified atom stereocenters. The van der Waals surface area contributed by atoms with Gasteiger partial charge in [-0.2, -0.15) is 0 Å². The van der Waals surface area contributed by atoms with E-state index in [0.717, 1.165) is 68.4 Å². The Bertz CT molecular complexity index is 767. The van der Waals surface area contributed by atoms with E-state index in [-0.39, 0.29) is 36.8 Å². The first kappa shape index (κ1) is 24.0. The maximum atomic E-state index is 13.3. The Balaban J connectivity index is 0.00000150. The average Bonchev–Trinajstić information content (AvgIpc) is 3.13. The Kier molecular flexibility index (Phi) is 9.30. The standard InChI is InChI=1S/C20H27N5OS.2ClH/c1-15-23-18(14-27-15)13-24-8-4-16(5-9-24)20(26)25-10-7-22-12-19(25)17-3-2-6-21-11-17;;/h2-3,6,11,14,16,19,22H,4-5,7-10,12-13H2,1H3;2*1H. The molecule has 1 atom stereocenters. The maximum absolute atomic E-state index is 13.3. The summed E-state index contributed by atoms with van der Waals surface area (Å²) in [6.45, 7) is 7.33. The molecular weight excluding hydrogens is 429 g/mol. The SMILES string of the molecule is Cc1nc(CN2CCC(C(=O)N3CCNCC3c3cccnc3)CC2)cs1.Cl.Cl. The molecule has 2 aliphatic heterocycles. The minimum absolute atomic E-state index is 0. The highest BCUT2D eigenvalue weighted by Gasteiger charge is 2.34. The van der Waals surface area contributed by atoms with Gasteiger partial charge in [0, 0.05) is 49.9 Å². The van der Waals surface area contributed by atoms with E-state index in [1.54, 1.807) is 17.5 Å². The second kappa shape index (κ2) is 11.2. The highest BCUT2D eigenvalue weighted by Crippen LogP contribution is 2.27. The van der Waals surface area contributed by atoms with Gasteiger partial charge in [0.05, 0.1) is 16.7 Å². The lowest BCUT2D eigenvalue weighted by Crippen LogP contribution is -2.51. The van der Waals surface area contributed by atoms with Crippen molar-refractivity contribution < 1.29 is 4.79 Å². The number of pyridine rings is 1. The Labute approximate surface area is 188 Å². The number of nitrogens with zero attached hydrogens (tertiary/aromatic N) is 4. The molecule has 2 aromatic heterocycles. The predicted octanol–water partition coefficient (Wildman–Crippen LogP) is 3.08. The lowest BCUT2D eigenvalue weighted by atomic mass is 9.93. The summed E-state index contributed by atoms with van der Waals surface area (Å²) < 4.78 is 0. The summed E-state index contributed by atoms with van der Waals surface area (Å²) in [4.78, 5) is 26.6. The van der Waals surface area contributed by atoms with Gasteiger partial charge in [-0.05, 0) is 44.5 Å². The third-order valence-electron chi connectivity index (χ3n) is 5.58. The van der Waals surface area contributed by atoms with Crippen LogP contribution in [0.5, 0.6) is 0 Å². The third kappa shape index (κ3) is 5.89. The van der Waals surface area contributed by atoms with Crippen LogP contribution in [-0.2, 0) is 11.3 Å². The van der Waals surface area contributed by atoms with Gasteiger partial charge in [0.25, 0.3) is 0 Å². The Morgan fingerprint density at radius 3 is 2.72 bits per heavy atom. The van der Waals surface area contributed by atoms with Crippen molar-refractivity contribution in [3.05, 3.63) is 46.2 Å². The molecule has 160 valence electrons. The molecule has 4 rings (SSSR count). The van der Waals surface area contributed by atoms with Gasteiger partial charge in [0.2, 0.25) is 5.91 Å². The number of piperazine rings is 1. The molecule has 4 heterocycles. The van der Waals surface area contributed by atoms with Crippen LogP contribution in [0, 0.1) is 12.8 Å². The number of nitrogens with one attached hydrogen (secondary N) is 1. The van der Waals surface area contributed by atoms with Gasteiger partial charge in [0.1, 0.15) is 0 Å². The molecule has 1 amide bonds. The minimum atomic E-state index is 0. The van der Waals surface area contributed by atoms with Gasteiger partial charge in [-0.25, -0.2) is 4.98 Å². The fourth-order valence-electron chi connectivity index (χ4n) is 4.12. The van der Waals surface area contributed by atoms with Crippen LogP contribution in [0.3, 0.4) is 0 Å². The maximum Gasteiger partial charge on any atom is 0.226 e. The minimum Gasteiger partial charge on any atom is -0.333 e. The number of piperidine rings is 1. The van der Waals surface area contributed by atoms with Crippen LogP contribution in [0.2, 0.25) is 0 Å². The van der Waals surface area contributed by atoms with Crippen LogP contribution >= 0.6 is 36.2 Å². The van der Waals surface area contributed by atoms with Crippen molar-refractivity contribution in [1.82, 2.24) is 25.1 Å². The van der Waals surface area contributed by atoms with Crippen molar-refractivity contribution in [1.29, 1.82) is 0 Å². The molecule has 0 aromatic carbocycles. The summed E-state index contributed by atoms with van der Waals surface area (Å²) >= 11 is 1.71. The van der Waals surface area contributed by atoms with Crippen molar-refractivity contribution in [2.24, 2.45) is 5.92 Å². The van der Waals surface area contributed by atoms with Crippen LogP contribution in [0.25, 0.3) is 0 Å². The van der Waals surface area contributed by atoms with E-state index in [9.17, 15) is 4.79 Å². The largest absolute Gasteiger partial charge is 0.333 e. The topological polar surface area (TPSA) is 61.4 Å². The van der Waals surface area contributed by atoms with Gasteiger partial charge < -0.3 is 10.2 Å². The van der Waals surface area contributed by atoms with Crippen molar-refractivity contribution in [3.8, 4) is 0 Å². The van der Waals surface area contributed by atoms with Crippen molar-refractivity contribution in [3.63, 3.8) is 0 Å². The fourth-order valence-corrected chi connectivity index (χ4v) is 4.73. The van der Waals surface area contributed by atoms with Crippen molar-refractivity contribution in [2.75, 3.05) is 32.7 Å². The van der Waals surface area contributed by atoms with Crippen LogP contribution < -0.4 is 5.32 Å². The second-order valence-electron chi connectivity index (χ2n) is 7.45. The number of aromatic nitrogens is 2. The molecule has 0 bridgehead atoms. The molecule has 2 aromatic rings. The number of aryl methyl sites for hydroxylation is 1. The molecular formula is C20H29Cl2N5OS.